The predicted octanol–water partition coefficient (Wildman–Crippen LogP) is 8.39. The summed E-state index contributed by atoms with van der Waals surface area (Å²) in [6, 6.07) is 26.1. The molecule has 0 bridgehead atoms. The first kappa shape index (κ1) is 21.5. The fourth-order valence-corrected chi connectivity index (χ4v) is 4.83. The number of nitrogens with zero attached hydrogens (tertiary/aromatic N) is 2. The number of hydrogen-bond acceptors (Lipinski definition) is 3. The van der Waals surface area contributed by atoms with Gasteiger partial charge in [-0.15, -0.1) is 0 Å². The van der Waals surface area contributed by atoms with Gasteiger partial charge in [0.1, 0.15) is 5.52 Å². The normalized spacial score (nSPS) is 12.1. The summed E-state index contributed by atoms with van der Waals surface area (Å²) >= 11 is 0. The van der Waals surface area contributed by atoms with E-state index in [1.54, 1.807) is 6.26 Å². The third kappa shape index (κ3) is 3.97. The van der Waals surface area contributed by atoms with Gasteiger partial charge in [0.15, 0.2) is 5.58 Å². The number of hydrogen-bond donors (Lipinski definition) is 0. The maximum absolute atomic E-state index is 5.85. The summed E-state index contributed by atoms with van der Waals surface area (Å²) in [5.74, 6) is 0. The molecule has 0 aliphatic heterocycles. The van der Waals surface area contributed by atoms with Crippen molar-refractivity contribution in [3.63, 3.8) is 0 Å². The topological polar surface area (TPSA) is 38.9 Å². The van der Waals surface area contributed by atoms with Crippen LogP contribution in [0.15, 0.2) is 89.7 Å². The first-order valence-corrected chi connectivity index (χ1v) is 12.1. The smallest absolute Gasteiger partial charge is 0.160 e. The van der Waals surface area contributed by atoms with Gasteiger partial charge >= 0.3 is 0 Å². The van der Waals surface area contributed by atoms with Crippen LogP contribution < -0.4 is 0 Å². The molecule has 6 aromatic rings. The first-order valence-electron chi connectivity index (χ1n) is 12.1. The first-order chi connectivity index (χ1) is 16.8. The number of pyridine rings is 2. The highest BCUT2D eigenvalue weighted by Crippen LogP contribution is 2.36. The van der Waals surface area contributed by atoms with Crippen LogP contribution in [0.1, 0.15) is 43.2 Å². The van der Waals surface area contributed by atoms with Crippen LogP contribution >= 0.6 is 0 Å². The molecule has 0 aliphatic rings. The summed E-state index contributed by atoms with van der Waals surface area (Å²) in [6.07, 6.45) is 4.51. The van der Waals surface area contributed by atoms with E-state index < -0.39 is 0 Å². The molecule has 0 fully saturated rings. The van der Waals surface area contributed by atoms with Crippen LogP contribution in [0.3, 0.4) is 0 Å². The Labute approximate surface area is 205 Å². The molecule has 0 spiro atoms. The fraction of sp³-hybridized carbons (Fsp3) is 0.188. The Hall–Kier alpha value is -3.98. The molecular formula is C32H28N2O. The molecule has 3 aromatic heterocycles. The third-order valence-corrected chi connectivity index (χ3v) is 6.73. The van der Waals surface area contributed by atoms with Gasteiger partial charge < -0.3 is 4.42 Å². The van der Waals surface area contributed by atoms with Crippen molar-refractivity contribution in [3.05, 3.63) is 108 Å². The summed E-state index contributed by atoms with van der Waals surface area (Å²) in [5.41, 5.74) is 8.59. The van der Waals surface area contributed by atoms with Crippen LogP contribution in [0.5, 0.6) is 0 Å². The average Bonchev–Trinajstić information content (AvgIpc) is 3.32. The molecular weight excluding hydrogens is 428 g/mol. The molecule has 6 rings (SSSR count). The Kier molecular flexibility index (Phi) is 4.96. The molecule has 35 heavy (non-hydrogen) atoms. The number of furan rings is 1. The van der Waals surface area contributed by atoms with Crippen LogP contribution in [0, 0.1) is 6.92 Å². The van der Waals surface area contributed by atoms with E-state index in [1.165, 1.54) is 27.5 Å². The van der Waals surface area contributed by atoms with E-state index >= 15 is 0 Å². The zero-order valence-electron chi connectivity index (χ0n) is 20.6. The van der Waals surface area contributed by atoms with Gasteiger partial charge in [-0.25, -0.2) is 4.98 Å². The molecule has 172 valence electrons. The minimum Gasteiger partial charge on any atom is -0.462 e. The van der Waals surface area contributed by atoms with Crippen LogP contribution in [-0.2, 0) is 11.8 Å². The van der Waals surface area contributed by atoms with Gasteiger partial charge in [-0.05, 0) is 65.6 Å². The molecule has 3 nitrogen and oxygen atoms in total. The molecule has 0 atom stereocenters. The van der Waals surface area contributed by atoms with Crippen molar-refractivity contribution in [1.82, 2.24) is 9.97 Å². The highest BCUT2D eigenvalue weighted by molar-refractivity contribution is 6.09. The highest BCUT2D eigenvalue weighted by atomic mass is 16.3. The lowest BCUT2D eigenvalue weighted by atomic mass is 9.90. The highest BCUT2D eigenvalue weighted by Gasteiger charge is 2.19. The van der Waals surface area contributed by atoms with E-state index in [9.17, 15) is 0 Å². The second kappa shape index (κ2) is 8.06. The van der Waals surface area contributed by atoms with Crippen LogP contribution in [-0.4, -0.2) is 9.97 Å². The number of aryl methyl sites for hydroxylation is 1. The molecule has 0 amide bonds. The van der Waals surface area contributed by atoms with E-state index in [4.69, 9.17) is 14.4 Å². The Bertz CT molecular complexity index is 1720. The van der Waals surface area contributed by atoms with E-state index in [2.05, 4.69) is 94.4 Å². The van der Waals surface area contributed by atoms with Gasteiger partial charge in [-0.1, -0.05) is 68.8 Å². The van der Waals surface area contributed by atoms with Crippen molar-refractivity contribution in [2.45, 2.75) is 39.5 Å². The van der Waals surface area contributed by atoms with Gasteiger partial charge in [-0.2, -0.15) is 0 Å². The third-order valence-electron chi connectivity index (χ3n) is 6.73. The number of rotatable bonds is 3. The van der Waals surface area contributed by atoms with Crippen molar-refractivity contribution in [3.8, 4) is 11.3 Å². The SMILES string of the molecule is Cc1ccc2cc(Cc3ccnc(-c4cc5ccoc5c5nc(C(C)(C)C)ccc45)c3)ccc2c1. The number of aromatic nitrogens is 2. The lowest BCUT2D eigenvalue weighted by molar-refractivity contribution is 0.570. The lowest BCUT2D eigenvalue weighted by Crippen LogP contribution is -2.13. The fourth-order valence-electron chi connectivity index (χ4n) is 4.83. The number of benzene rings is 3. The van der Waals surface area contributed by atoms with Gasteiger partial charge in [-0.3, -0.25) is 4.98 Å². The van der Waals surface area contributed by atoms with E-state index in [-0.39, 0.29) is 5.41 Å². The minimum absolute atomic E-state index is 0.0418. The molecule has 0 saturated heterocycles. The van der Waals surface area contributed by atoms with Crippen LogP contribution in [0.25, 0.3) is 43.9 Å². The van der Waals surface area contributed by atoms with Gasteiger partial charge in [0.2, 0.25) is 0 Å². The summed E-state index contributed by atoms with van der Waals surface area (Å²) in [4.78, 5) is 9.80. The Morgan fingerprint density at radius 3 is 2.43 bits per heavy atom. The zero-order valence-corrected chi connectivity index (χ0v) is 20.6. The van der Waals surface area contributed by atoms with Crippen molar-refractivity contribution in [1.29, 1.82) is 0 Å². The monoisotopic (exact) mass is 456 g/mol. The molecule has 3 heterocycles. The van der Waals surface area contributed by atoms with Crippen molar-refractivity contribution < 1.29 is 4.42 Å². The van der Waals surface area contributed by atoms with Gasteiger partial charge in [0.05, 0.1) is 12.0 Å². The summed E-state index contributed by atoms with van der Waals surface area (Å²) < 4.78 is 5.85. The second-order valence-electron chi connectivity index (χ2n) is 10.5. The largest absolute Gasteiger partial charge is 0.462 e. The van der Waals surface area contributed by atoms with E-state index in [1.807, 2.05) is 12.3 Å². The number of fused-ring (bicyclic) bond motifs is 4. The zero-order chi connectivity index (χ0) is 24.2. The minimum atomic E-state index is -0.0418. The van der Waals surface area contributed by atoms with Gasteiger partial charge in [0, 0.05) is 33.6 Å². The standard InChI is InChI=1S/C32H28N2O/c1-20-5-7-24-17-21(6-8-23(24)15-20)16-22-11-13-33-28(18-22)27-19-25-12-14-35-31(25)30-26(27)9-10-29(34-30)32(2,3)4/h5-15,17-19H,16H2,1-4H3. The molecule has 3 aromatic carbocycles. The molecule has 0 aliphatic carbocycles. The quantitative estimate of drug-likeness (QED) is 0.268. The molecule has 3 heteroatoms. The molecule has 0 N–H and O–H groups in total. The maximum atomic E-state index is 5.85. The van der Waals surface area contributed by atoms with Crippen LogP contribution in [0.2, 0.25) is 0 Å². The summed E-state index contributed by atoms with van der Waals surface area (Å²) in [6.45, 7) is 8.69. The van der Waals surface area contributed by atoms with Crippen LogP contribution in [0.4, 0.5) is 0 Å². The van der Waals surface area contributed by atoms with Crippen molar-refractivity contribution in [2.75, 3.05) is 0 Å². The lowest BCUT2D eigenvalue weighted by Gasteiger charge is -2.18. The molecule has 0 saturated carbocycles. The predicted molar refractivity (Wildman–Crippen MR) is 145 cm³/mol. The van der Waals surface area contributed by atoms with Crippen molar-refractivity contribution in [2.24, 2.45) is 0 Å². The second-order valence-corrected chi connectivity index (χ2v) is 10.5. The van der Waals surface area contributed by atoms with E-state index in [0.29, 0.717) is 0 Å². The Morgan fingerprint density at radius 2 is 1.57 bits per heavy atom. The Balaban J connectivity index is 1.44. The average molecular weight is 457 g/mol. The molecule has 0 radical (unpaired) electrons. The maximum Gasteiger partial charge on any atom is 0.160 e. The summed E-state index contributed by atoms with van der Waals surface area (Å²) in [7, 11) is 0. The van der Waals surface area contributed by atoms with Crippen molar-refractivity contribution >= 4 is 32.6 Å². The Morgan fingerprint density at radius 1 is 0.771 bits per heavy atom. The molecule has 0 unspecified atom stereocenters. The van der Waals surface area contributed by atoms with E-state index in [0.717, 1.165) is 45.2 Å². The summed E-state index contributed by atoms with van der Waals surface area (Å²) in [5, 5.41) is 4.67. The van der Waals surface area contributed by atoms with Gasteiger partial charge in [0.25, 0.3) is 0 Å².